The topological polar surface area (TPSA) is 82.2 Å². The summed E-state index contributed by atoms with van der Waals surface area (Å²) in [5.74, 6) is -1.88. The van der Waals surface area contributed by atoms with Crippen molar-refractivity contribution in [2.75, 3.05) is 0 Å². The van der Waals surface area contributed by atoms with E-state index in [2.05, 4.69) is 26.2 Å². The van der Waals surface area contributed by atoms with Crippen LogP contribution in [-0.4, -0.2) is 28.0 Å². The Morgan fingerprint density at radius 2 is 2.00 bits per heavy atom. The van der Waals surface area contributed by atoms with Gasteiger partial charge in [-0.2, -0.15) is 0 Å². The van der Waals surface area contributed by atoms with Crippen LogP contribution in [0.1, 0.15) is 24.3 Å². The number of aromatic nitrogens is 1. The summed E-state index contributed by atoms with van der Waals surface area (Å²) in [7, 11) is 0. The Hall–Kier alpha value is -1.82. The maximum atomic E-state index is 12.1. The monoisotopic (exact) mass is 338 g/mol. The van der Waals surface area contributed by atoms with E-state index in [-0.39, 0.29) is 5.91 Å². The number of halogens is 1. The highest BCUT2D eigenvalue weighted by atomic mass is 79.9. The molecular weight excluding hydrogens is 324 g/mol. The molecule has 6 heteroatoms. The lowest BCUT2D eigenvalue weighted by molar-refractivity contribution is -0.141. The molecule has 2 rings (SSSR count). The van der Waals surface area contributed by atoms with E-state index in [1.54, 1.807) is 19.9 Å². The lowest BCUT2D eigenvalue weighted by Crippen LogP contribution is -2.40. The summed E-state index contributed by atoms with van der Waals surface area (Å²) in [5.41, 5.74) is 1.28. The van der Waals surface area contributed by atoms with Crippen molar-refractivity contribution >= 4 is 38.7 Å². The lowest BCUT2D eigenvalue weighted by Gasteiger charge is -2.17. The van der Waals surface area contributed by atoms with Gasteiger partial charge in [0.15, 0.2) is 0 Å². The van der Waals surface area contributed by atoms with Crippen molar-refractivity contribution in [1.82, 2.24) is 10.3 Å². The first-order valence-corrected chi connectivity index (χ1v) is 6.99. The molecule has 2 unspecified atom stereocenters. The zero-order chi connectivity index (χ0) is 14.9. The van der Waals surface area contributed by atoms with Gasteiger partial charge in [-0.3, -0.25) is 9.59 Å². The van der Waals surface area contributed by atoms with Gasteiger partial charge in [0.2, 0.25) is 0 Å². The number of fused-ring (bicyclic) bond motifs is 1. The van der Waals surface area contributed by atoms with E-state index < -0.39 is 17.9 Å². The van der Waals surface area contributed by atoms with E-state index in [0.717, 1.165) is 15.4 Å². The Morgan fingerprint density at radius 3 is 2.65 bits per heavy atom. The molecule has 1 amide bonds. The molecule has 3 N–H and O–H groups in total. The van der Waals surface area contributed by atoms with Crippen molar-refractivity contribution in [1.29, 1.82) is 0 Å². The Labute approximate surface area is 124 Å². The maximum absolute atomic E-state index is 12.1. The fourth-order valence-corrected chi connectivity index (χ4v) is 2.23. The summed E-state index contributed by atoms with van der Waals surface area (Å²) in [5, 5.41) is 12.5. The number of amides is 1. The summed E-state index contributed by atoms with van der Waals surface area (Å²) < 4.78 is 0.934. The molecule has 1 aromatic carbocycles. The summed E-state index contributed by atoms with van der Waals surface area (Å²) in [6.07, 6.45) is 0. The number of aromatic amines is 1. The fourth-order valence-electron chi connectivity index (χ4n) is 1.85. The molecule has 106 valence electrons. The van der Waals surface area contributed by atoms with Crippen LogP contribution in [0.4, 0.5) is 0 Å². The number of rotatable bonds is 4. The van der Waals surface area contributed by atoms with Gasteiger partial charge in [-0.1, -0.05) is 15.9 Å². The minimum absolute atomic E-state index is 0.307. The minimum Gasteiger partial charge on any atom is -0.481 e. The Bertz CT molecular complexity index is 665. The molecular formula is C14H15BrN2O3. The van der Waals surface area contributed by atoms with Crippen LogP contribution in [0.3, 0.4) is 0 Å². The van der Waals surface area contributed by atoms with Crippen molar-refractivity contribution < 1.29 is 14.7 Å². The molecule has 2 atom stereocenters. The fraction of sp³-hybridized carbons (Fsp3) is 0.286. The van der Waals surface area contributed by atoms with Gasteiger partial charge < -0.3 is 15.4 Å². The highest BCUT2D eigenvalue weighted by Crippen LogP contribution is 2.20. The van der Waals surface area contributed by atoms with Crippen molar-refractivity contribution in [3.63, 3.8) is 0 Å². The van der Waals surface area contributed by atoms with Gasteiger partial charge in [-0.25, -0.2) is 0 Å². The van der Waals surface area contributed by atoms with Crippen LogP contribution in [0.25, 0.3) is 10.9 Å². The van der Waals surface area contributed by atoms with Crippen LogP contribution in [0.2, 0.25) is 0 Å². The van der Waals surface area contributed by atoms with Crippen LogP contribution < -0.4 is 5.32 Å². The number of carbonyl (C=O) groups is 2. The standard InChI is InChI=1S/C14H15BrN2O3/c1-7(14(19)20)8(2)16-13(18)12-6-9-5-10(15)3-4-11(9)17-12/h3-8,17H,1-2H3,(H,16,18)(H,19,20). The molecule has 0 saturated heterocycles. The van der Waals surface area contributed by atoms with Gasteiger partial charge in [0, 0.05) is 21.4 Å². The molecule has 20 heavy (non-hydrogen) atoms. The van der Waals surface area contributed by atoms with E-state index in [1.807, 2.05) is 18.2 Å². The Kier molecular flexibility index (Phi) is 4.13. The maximum Gasteiger partial charge on any atom is 0.308 e. The second-order valence-electron chi connectivity index (χ2n) is 4.80. The zero-order valence-corrected chi connectivity index (χ0v) is 12.7. The van der Waals surface area contributed by atoms with Crippen LogP contribution in [-0.2, 0) is 4.79 Å². The highest BCUT2D eigenvalue weighted by molar-refractivity contribution is 9.10. The third-order valence-electron chi connectivity index (χ3n) is 3.33. The molecule has 1 aromatic heterocycles. The molecule has 0 saturated carbocycles. The highest BCUT2D eigenvalue weighted by Gasteiger charge is 2.22. The minimum atomic E-state index is -0.932. The molecule has 5 nitrogen and oxygen atoms in total. The number of carboxylic acid groups (broad SMARTS) is 1. The quantitative estimate of drug-likeness (QED) is 0.801. The largest absolute Gasteiger partial charge is 0.481 e. The van der Waals surface area contributed by atoms with Gasteiger partial charge >= 0.3 is 5.97 Å². The van der Waals surface area contributed by atoms with Gasteiger partial charge in [-0.15, -0.1) is 0 Å². The third kappa shape index (κ3) is 3.01. The average Bonchev–Trinajstić information content (AvgIpc) is 2.80. The van der Waals surface area contributed by atoms with E-state index >= 15 is 0 Å². The second-order valence-corrected chi connectivity index (χ2v) is 5.72. The summed E-state index contributed by atoms with van der Waals surface area (Å²) >= 11 is 3.37. The number of benzene rings is 1. The summed E-state index contributed by atoms with van der Waals surface area (Å²) in [6.45, 7) is 3.24. The van der Waals surface area contributed by atoms with Gasteiger partial charge in [0.25, 0.3) is 5.91 Å². The SMILES string of the molecule is CC(NC(=O)c1cc2cc(Br)ccc2[nH]1)C(C)C(=O)O. The smallest absolute Gasteiger partial charge is 0.308 e. The van der Waals surface area contributed by atoms with Crippen LogP contribution >= 0.6 is 15.9 Å². The van der Waals surface area contributed by atoms with Gasteiger partial charge in [0.05, 0.1) is 5.92 Å². The molecule has 2 aromatic rings. The first-order chi connectivity index (χ1) is 9.38. The molecule has 0 spiro atoms. The normalized spacial score (nSPS) is 13.9. The number of carbonyl (C=O) groups excluding carboxylic acids is 1. The van der Waals surface area contributed by atoms with E-state index in [9.17, 15) is 9.59 Å². The molecule has 0 fully saturated rings. The van der Waals surface area contributed by atoms with E-state index in [1.165, 1.54) is 0 Å². The third-order valence-corrected chi connectivity index (χ3v) is 3.82. The number of hydrogen-bond donors (Lipinski definition) is 3. The van der Waals surface area contributed by atoms with E-state index in [4.69, 9.17) is 5.11 Å². The predicted octanol–water partition coefficient (Wildman–Crippen LogP) is 2.77. The summed E-state index contributed by atoms with van der Waals surface area (Å²) in [4.78, 5) is 26.0. The van der Waals surface area contributed by atoms with Crippen molar-refractivity contribution in [2.45, 2.75) is 19.9 Å². The average molecular weight is 339 g/mol. The predicted molar refractivity (Wildman–Crippen MR) is 79.7 cm³/mol. The van der Waals surface area contributed by atoms with Gasteiger partial charge in [-0.05, 0) is 38.1 Å². The second kappa shape index (κ2) is 5.66. The number of hydrogen-bond acceptors (Lipinski definition) is 2. The van der Waals surface area contributed by atoms with Crippen molar-refractivity contribution in [3.05, 3.63) is 34.4 Å². The molecule has 0 aliphatic heterocycles. The number of H-pyrrole nitrogens is 1. The van der Waals surface area contributed by atoms with E-state index in [0.29, 0.717) is 5.69 Å². The molecule has 0 aliphatic carbocycles. The molecule has 0 bridgehead atoms. The Morgan fingerprint density at radius 1 is 1.30 bits per heavy atom. The van der Waals surface area contributed by atoms with Crippen LogP contribution in [0, 0.1) is 5.92 Å². The Balaban J connectivity index is 2.17. The zero-order valence-electron chi connectivity index (χ0n) is 11.1. The van der Waals surface area contributed by atoms with Crippen molar-refractivity contribution in [2.24, 2.45) is 5.92 Å². The lowest BCUT2D eigenvalue weighted by atomic mass is 10.0. The number of aliphatic carboxylic acids is 1. The summed E-state index contributed by atoms with van der Waals surface area (Å²) in [6, 6.07) is 6.97. The van der Waals surface area contributed by atoms with Crippen molar-refractivity contribution in [3.8, 4) is 0 Å². The van der Waals surface area contributed by atoms with Crippen LogP contribution in [0.15, 0.2) is 28.7 Å². The van der Waals surface area contributed by atoms with Crippen LogP contribution in [0.5, 0.6) is 0 Å². The molecule has 0 aliphatic rings. The molecule has 0 radical (unpaired) electrons. The number of nitrogens with one attached hydrogen (secondary N) is 2. The molecule has 1 heterocycles. The number of carboxylic acids is 1. The first kappa shape index (κ1) is 14.6. The first-order valence-electron chi connectivity index (χ1n) is 6.20. The van der Waals surface area contributed by atoms with Gasteiger partial charge in [0.1, 0.15) is 5.69 Å².